The maximum absolute atomic E-state index is 15.2. The van der Waals surface area contributed by atoms with Crippen molar-refractivity contribution in [3.63, 3.8) is 0 Å². The highest BCUT2D eigenvalue weighted by Crippen LogP contribution is 2.64. The van der Waals surface area contributed by atoms with Crippen LogP contribution < -0.4 is 9.80 Å². The molecule has 2 aromatic heterocycles. The van der Waals surface area contributed by atoms with E-state index in [1.54, 1.807) is 65.5 Å². The van der Waals surface area contributed by atoms with Crippen LogP contribution >= 0.6 is 38.9 Å². The number of aryl methyl sites for hydroxylation is 2. The van der Waals surface area contributed by atoms with Crippen molar-refractivity contribution in [2.45, 2.75) is 39.0 Å². The van der Waals surface area contributed by atoms with Gasteiger partial charge in [0.05, 0.1) is 33.7 Å². The van der Waals surface area contributed by atoms with Crippen LogP contribution in [0.4, 0.5) is 11.5 Å². The number of allylic oxidation sites excluding steroid dienone is 3. The second-order valence-corrected chi connectivity index (χ2v) is 17.6. The largest absolute Gasteiger partial charge is 0.507 e. The molecule has 0 radical (unpaired) electrons. The Morgan fingerprint density at radius 1 is 1.02 bits per heavy atom. The zero-order chi connectivity index (χ0) is 38.7. The lowest BCUT2D eigenvalue weighted by Gasteiger charge is -2.49. The molecule has 12 heteroatoms. The Bertz CT molecular complexity index is 2560. The molecule has 55 heavy (non-hydrogen) atoms. The van der Waals surface area contributed by atoms with Crippen molar-refractivity contribution in [1.29, 1.82) is 0 Å². The van der Waals surface area contributed by atoms with Crippen LogP contribution in [0.1, 0.15) is 42.4 Å². The minimum atomic E-state index is -1.33. The number of hydrogen-bond acceptors (Lipinski definition) is 7. The number of benzene rings is 3. The fourth-order valence-corrected chi connectivity index (χ4v) is 11.4. The van der Waals surface area contributed by atoms with E-state index in [1.165, 1.54) is 9.80 Å². The molecule has 3 aromatic carbocycles. The van der Waals surface area contributed by atoms with Gasteiger partial charge in [-0.2, -0.15) is 5.10 Å². The summed E-state index contributed by atoms with van der Waals surface area (Å²) in [5, 5.41) is 18.3. The summed E-state index contributed by atoms with van der Waals surface area (Å²) >= 11 is 11.3. The second-order valence-electron chi connectivity index (χ2n) is 15.2. The first-order chi connectivity index (χ1) is 26.3. The lowest BCUT2D eigenvalue weighted by Crippen LogP contribution is -2.49. The SMILES string of the molecule is C=CCc1cccc(C2C3=CCC4C(=O)N(c5ccc(Br)cc5)C(=O)C4C3CC3C(=O)N(c4cc(-c5sc6ccc(Cl)cc6c5C)nn4C)C(=O)C32C)c1O. The van der Waals surface area contributed by atoms with Crippen molar-refractivity contribution in [1.82, 2.24) is 9.78 Å². The number of phenols is 1. The van der Waals surface area contributed by atoms with Crippen molar-refractivity contribution < 1.29 is 24.3 Å². The molecule has 4 heterocycles. The van der Waals surface area contributed by atoms with Gasteiger partial charge in [-0.15, -0.1) is 17.9 Å². The number of thiophene rings is 1. The van der Waals surface area contributed by atoms with Gasteiger partial charge in [0.1, 0.15) is 17.3 Å². The summed E-state index contributed by atoms with van der Waals surface area (Å²) in [5.74, 6) is -4.49. The Morgan fingerprint density at radius 3 is 2.53 bits per heavy atom. The number of carbonyl (C=O) groups is 4. The van der Waals surface area contributed by atoms with Gasteiger partial charge in [-0.3, -0.25) is 28.8 Å². The molecule has 9 rings (SSSR count). The molecule has 6 unspecified atom stereocenters. The van der Waals surface area contributed by atoms with Gasteiger partial charge >= 0.3 is 0 Å². The molecule has 2 aliphatic carbocycles. The standard InChI is InChI=1S/C43H36BrClN4O5S/c1-5-7-22-8-6-9-28(37(22)50)36-26-15-16-27-35(41(53)48(39(27)51)25-13-10-23(44)11-14-25)30(26)19-31-40(52)49(42(54)43(31,36)3)34-20-32(46-47(34)4)38-21(2)29-18-24(45)12-17-33(29)55-38/h5-6,8-15,17-18,20,27,30-31,35-36,50H,1,7,16,19H2,2-4H3. The van der Waals surface area contributed by atoms with E-state index < -0.39 is 46.8 Å². The Kier molecular flexibility index (Phi) is 8.38. The van der Waals surface area contributed by atoms with Crippen molar-refractivity contribution in [2.75, 3.05) is 9.80 Å². The lowest BCUT2D eigenvalue weighted by molar-refractivity contribution is -0.131. The van der Waals surface area contributed by atoms with Crippen molar-refractivity contribution in [3.8, 4) is 16.3 Å². The molecule has 2 saturated heterocycles. The minimum Gasteiger partial charge on any atom is -0.507 e. The Morgan fingerprint density at radius 2 is 1.78 bits per heavy atom. The predicted octanol–water partition coefficient (Wildman–Crippen LogP) is 8.90. The number of phenolic OH excluding ortho intramolecular Hbond substituents is 1. The van der Waals surface area contributed by atoms with E-state index in [9.17, 15) is 19.5 Å². The van der Waals surface area contributed by atoms with Crippen LogP contribution in [0.15, 0.2) is 95.5 Å². The third-order valence-corrected chi connectivity index (χ3v) is 14.5. The number of hydrogen-bond donors (Lipinski definition) is 1. The molecule has 6 atom stereocenters. The van der Waals surface area contributed by atoms with E-state index in [1.807, 2.05) is 50.3 Å². The molecular formula is C43H36BrClN4O5S. The summed E-state index contributed by atoms with van der Waals surface area (Å²) in [6, 6.07) is 20.1. The first-order valence-corrected chi connectivity index (χ1v) is 20.2. The Balaban J connectivity index is 1.17. The number of aromatic nitrogens is 2. The highest BCUT2D eigenvalue weighted by Gasteiger charge is 2.68. The van der Waals surface area contributed by atoms with Gasteiger partial charge < -0.3 is 5.11 Å². The molecule has 9 nitrogen and oxygen atoms in total. The summed E-state index contributed by atoms with van der Waals surface area (Å²) < 4.78 is 3.44. The highest BCUT2D eigenvalue weighted by atomic mass is 79.9. The lowest BCUT2D eigenvalue weighted by atomic mass is 9.51. The van der Waals surface area contributed by atoms with E-state index in [0.29, 0.717) is 46.2 Å². The summed E-state index contributed by atoms with van der Waals surface area (Å²) in [5.41, 5.74) is 2.74. The van der Waals surface area contributed by atoms with Gasteiger partial charge in [-0.25, -0.2) is 4.90 Å². The second kappa shape index (κ2) is 12.9. The number of aromatic hydroxyl groups is 1. The van der Waals surface area contributed by atoms with Crippen LogP contribution in [0.5, 0.6) is 5.75 Å². The normalized spacial score (nSPS) is 26.1. The molecule has 5 aromatic rings. The van der Waals surface area contributed by atoms with E-state index in [4.69, 9.17) is 16.7 Å². The first kappa shape index (κ1) is 35.8. The summed E-state index contributed by atoms with van der Waals surface area (Å²) in [6.45, 7) is 7.69. The fourth-order valence-electron chi connectivity index (χ4n) is 9.80. The van der Waals surface area contributed by atoms with Gasteiger partial charge in [0, 0.05) is 38.8 Å². The molecule has 1 saturated carbocycles. The van der Waals surface area contributed by atoms with Crippen molar-refractivity contribution >= 4 is 84.1 Å². The Hall–Kier alpha value is -4.84. The third-order valence-electron chi connectivity index (χ3n) is 12.4. The number of imide groups is 2. The van der Waals surface area contributed by atoms with Crippen LogP contribution in [0.25, 0.3) is 20.7 Å². The molecule has 2 aliphatic heterocycles. The van der Waals surface area contributed by atoms with Crippen LogP contribution in [-0.2, 0) is 32.6 Å². The topological polar surface area (TPSA) is 113 Å². The van der Waals surface area contributed by atoms with Crippen LogP contribution in [0.2, 0.25) is 5.02 Å². The molecule has 1 N–H and O–H groups in total. The number of halogens is 2. The van der Waals surface area contributed by atoms with Crippen molar-refractivity contribution in [2.24, 2.45) is 36.1 Å². The minimum absolute atomic E-state index is 0.0308. The Labute approximate surface area is 335 Å². The molecular weight excluding hydrogens is 800 g/mol. The number of rotatable bonds is 6. The number of anilines is 2. The number of fused-ring (bicyclic) bond motifs is 5. The predicted molar refractivity (Wildman–Crippen MR) is 217 cm³/mol. The van der Waals surface area contributed by atoms with Gasteiger partial charge in [-0.1, -0.05) is 63.5 Å². The zero-order valence-corrected chi connectivity index (χ0v) is 33.4. The average molecular weight is 836 g/mol. The quantitative estimate of drug-likeness (QED) is 0.135. The van der Waals surface area contributed by atoms with Crippen LogP contribution in [0, 0.1) is 36.0 Å². The molecule has 0 bridgehead atoms. The first-order valence-electron chi connectivity index (χ1n) is 18.2. The molecule has 0 spiro atoms. The molecule has 4 aliphatic rings. The molecule has 278 valence electrons. The fraction of sp³-hybridized carbons (Fsp3) is 0.279. The number of carbonyl (C=O) groups excluding carboxylic acids is 4. The summed E-state index contributed by atoms with van der Waals surface area (Å²) in [7, 11) is 1.72. The van der Waals surface area contributed by atoms with E-state index in [2.05, 4.69) is 22.5 Å². The van der Waals surface area contributed by atoms with Gasteiger partial charge in [0.25, 0.3) is 0 Å². The van der Waals surface area contributed by atoms with Gasteiger partial charge in [0.2, 0.25) is 23.6 Å². The summed E-state index contributed by atoms with van der Waals surface area (Å²) in [4.78, 5) is 62.0. The maximum atomic E-state index is 15.2. The zero-order valence-electron chi connectivity index (χ0n) is 30.3. The van der Waals surface area contributed by atoms with E-state index >= 15 is 4.79 Å². The third kappa shape index (κ3) is 5.12. The van der Waals surface area contributed by atoms with Gasteiger partial charge in [-0.05, 0) is 98.0 Å². The highest BCUT2D eigenvalue weighted by molar-refractivity contribution is 9.10. The number of nitrogens with zero attached hydrogens (tertiary/aromatic N) is 4. The van der Waals surface area contributed by atoms with Gasteiger partial charge in [0.15, 0.2) is 0 Å². The van der Waals surface area contributed by atoms with Crippen LogP contribution in [0.3, 0.4) is 0 Å². The van der Waals surface area contributed by atoms with Crippen LogP contribution in [-0.4, -0.2) is 38.5 Å². The molecule has 4 amide bonds. The molecule has 3 fully saturated rings. The van der Waals surface area contributed by atoms with E-state index in [0.717, 1.165) is 30.6 Å². The number of amides is 4. The van der Waals surface area contributed by atoms with Crippen molar-refractivity contribution in [3.05, 3.63) is 117 Å². The number of para-hydroxylation sites is 1. The monoisotopic (exact) mass is 834 g/mol. The summed E-state index contributed by atoms with van der Waals surface area (Å²) in [6.07, 6.45) is 4.59. The smallest absolute Gasteiger partial charge is 0.242 e. The van der Waals surface area contributed by atoms with E-state index in [-0.39, 0.29) is 24.0 Å². The average Bonchev–Trinajstić information content (AvgIpc) is 3.83. The maximum Gasteiger partial charge on any atom is 0.242 e.